The van der Waals surface area contributed by atoms with Crippen molar-refractivity contribution in [1.29, 1.82) is 0 Å². The van der Waals surface area contributed by atoms with Crippen LogP contribution < -0.4 is 0 Å². The third-order valence-electron chi connectivity index (χ3n) is 1.34. The zero-order valence-electron chi connectivity index (χ0n) is 5.75. The van der Waals surface area contributed by atoms with Crippen LogP contribution in [0.2, 0.25) is 0 Å². The van der Waals surface area contributed by atoms with Crippen LogP contribution in [0.5, 0.6) is 0 Å². The molecule has 0 spiro atoms. The summed E-state index contributed by atoms with van der Waals surface area (Å²) >= 11 is 0. The molecule has 10 heavy (non-hydrogen) atoms. The van der Waals surface area contributed by atoms with Gasteiger partial charge in [0.1, 0.15) is 6.61 Å². The van der Waals surface area contributed by atoms with E-state index in [1.54, 1.807) is 18.2 Å². The number of carbonyl (C=O) groups is 1. The molecule has 0 bridgehead atoms. The molecule has 54 valence electrons. The van der Waals surface area contributed by atoms with E-state index >= 15 is 0 Å². The van der Waals surface area contributed by atoms with E-state index in [-0.39, 0.29) is 18.5 Å². The molecule has 1 aliphatic rings. The van der Waals surface area contributed by atoms with Gasteiger partial charge in [-0.15, -0.1) is 6.58 Å². The Hall–Kier alpha value is -0.890. The fraction of sp³-hybridized carbons (Fsp3) is 0.375. The minimum absolute atomic E-state index is 0.0420. The lowest BCUT2D eigenvalue weighted by Gasteiger charge is -2.14. The molecule has 2 heteroatoms. The quantitative estimate of drug-likeness (QED) is 0.534. The van der Waals surface area contributed by atoms with Gasteiger partial charge < -0.3 is 4.74 Å². The van der Waals surface area contributed by atoms with Crippen molar-refractivity contribution in [3.05, 3.63) is 24.8 Å². The van der Waals surface area contributed by atoms with E-state index in [4.69, 9.17) is 4.74 Å². The first-order chi connectivity index (χ1) is 4.83. The molecule has 0 fully saturated rings. The third-order valence-corrected chi connectivity index (χ3v) is 1.34. The average Bonchev–Trinajstić information content (AvgIpc) is 1.95. The number of hydrogen-bond donors (Lipinski definition) is 0. The molecule has 1 aliphatic heterocycles. The Kier molecular flexibility index (Phi) is 2.40. The van der Waals surface area contributed by atoms with Gasteiger partial charge in [0.15, 0.2) is 5.78 Å². The van der Waals surface area contributed by atoms with E-state index in [0.29, 0.717) is 0 Å². The van der Waals surface area contributed by atoms with Gasteiger partial charge in [-0.25, -0.2) is 0 Å². The smallest absolute Gasteiger partial charge is 0.181 e. The second-order valence-electron chi connectivity index (χ2n) is 2.20. The second kappa shape index (κ2) is 3.32. The van der Waals surface area contributed by atoms with Crippen LogP contribution in [0.1, 0.15) is 6.42 Å². The van der Waals surface area contributed by atoms with Crippen molar-refractivity contribution in [2.24, 2.45) is 0 Å². The maximum Gasteiger partial charge on any atom is 0.181 e. The van der Waals surface area contributed by atoms with Crippen LogP contribution in [-0.4, -0.2) is 18.5 Å². The lowest BCUT2D eigenvalue weighted by Crippen LogP contribution is -2.19. The van der Waals surface area contributed by atoms with Crippen LogP contribution in [0, 0.1) is 0 Å². The molecule has 0 aromatic rings. The highest BCUT2D eigenvalue weighted by molar-refractivity contribution is 5.91. The van der Waals surface area contributed by atoms with Crippen LogP contribution in [0.25, 0.3) is 0 Å². The molecular weight excluding hydrogens is 128 g/mol. The van der Waals surface area contributed by atoms with Crippen LogP contribution in [0.15, 0.2) is 24.8 Å². The van der Waals surface area contributed by atoms with Crippen LogP contribution in [0.4, 0.5) is 0 Å². The Labute approximate surface area is 60.2 Å². The average molecular weight is 138 g/mol. The first-order valence-electron chi connectivity index (χ1n) is 3.26. The highest BCUT2D eigenvalue weighted by atomic mass is 16.5. The Bertz CT molecular complexity index is 170. The summed E-state index contributed by atoms with van der Waals surface area (Å²) in [5.41, 5.74) is 0. The zero-order chi connectivity index (χ0) is 7.40. The van der Waals surface area contributed by atoms with E-state index in [9.17, 15) is 4.79 Å². The van der Waals surface area contributed by atoms with Gasteiger partial charge in [0.25, 0.3) is 0 Å². The van der Waals surface area contributed by atoms with Crippen molar-refractivity contribution in [3.63, 3.8) is 0 Å². The summed E-state index contributed by atoms with van der Waals surface area (Å²) in [4.78, 5) is 10.6. The topological polar surface area (TPSA) is 26.3 Å². The van der Waals surface area contributed by atoms with E-state index in [0.717, 1.165) is 6.42 Å². The standard InChI is InChI=1S/C8H10O2/c1-2-3-8-5-4-7(9)6-10-8/h2,4-5,8H,1,3,6H2. The maximum atomic E-state index is 10.6. The minimum Gasteiger partial charge on any atom is -0.366 e. The van der Waals surface area contributed by atoms with E-state index in [1.165, 1.54) is 0 Å². The van der Waals surface area contributed by atoms with Gasteiger partial charge >= 0.3 is 0 Å². The molecular formula is C8H10O2. The van der Waals surface area contributed by atoms with E-state index in [1.807, 2.05) is 0 Å². The van der Waals surface area contributed by atoms with Gasteiger partial charge in [-0.2, -0.15) is 0 Å². The second-order valence-corrected chi connectivity index (χ2v) is 2.20. The third kappa shape index (κ3) is 1.81. The van der Waals surface area contributed by atoms with Crippen LogP contribution >= 0.6 is 0 Å². The lowest BCUT2D eigenvalue weighted by atomic mass is 10.2. The first-order valence-corrected chi connectivity index (χ1v) is 3.26. The molecule has 0 radical (unpaired) electrons. The molecule has 0 aromatic carbocycles. The van der Waals surface area contributed by atoms with Gasteiger partial charge in [0.2, 0.25) is 0 Å². The molecule has 0 saturated heterocycles. The summed E-state index contributed by atoms with van der Waals surface area (Å²) in [7, 11) is 0. The monoisotopic (exact) mass is 138 g/mol. The molecule has 0 aliphatic carbocycles. The molecule has 1 heterocycles. The zero-order valence-corrected chi connectivity index (χ0v) is 5.75. The predicted octanol–water partition coefficient (Wildman–Crippen LogP) is 1.09. The molecule has 1 rings (SSSR count). The maximum absolute atomic E-state index is 10.6. The van der Waals surface area contributed by atoms with Crippen molar-refractivity contribution in [1.82, 2.24) is 0 Å². The molecule has 0 aromatic heterocycles. The number of ketones is 1. The van der Waals surface area contributed by atoms with Gasteiger partial charge in [-0.05, 0) is 12.5 Å². The number of hydrogen-bond acceptors (Lipinski definition) is 2. The summed E-state index contributed by atoms with van der Waals surface area (Å²) < 4.78 is 5.12. The van der Waals surface area contributed by atoms with Crippen molar-refractivity contribution in [3.8, 4) is 0 Å². The Morgan fingerprint density at radius 1 is 1.90 bits per heavy atom. The highest BCUT2D eigenvalue weighted by Gasteiger charge is 2.10. The van der Waals surface area contributed by atoms with E-state index < -0.39 is 0 Å². The SMILES string of the molecule is C=CCC1C=CC(=O)CO1. The summed E-state index contributed by atoms with van der Waals surface area (Å²) in [5, 5.41) is 0. The van der Waals surface area contributed by atoms with E-state index in [2.05, 4.69) is 6.58 Å². The summed E-state index contributed by atoms with van der Waals surface area (Å²) in [6.45, 7) is 3.79. The molecule has 0 saturated carbocycles. The number of carbonyl (C=O) groups excluding carboxylic acids is 1. The van der Waals surface area contributed by atoms with Gasteiger partial charge in [0.05, 0.1) is 6.10 Å². The fourth-order valence-electron chi connectivity index (χ4n) is 0.818. The predicted molar refractivity (Wildman–Crippen MR) is 38.7 cm³/mol. The summed E-state index contributed by atoms with van der Waals surface area (Å²) in [5.74, 6) is 0.0420. The molecule has 2 nitrogen and oxygen atoms in total. The molecule has 0 amide bonds. The van der Waals surface area contributed by atoms with Gasteiger partial charge in [-0.3, -0.25) is 4.79 Å². The van der Waals surface area contributed by atoms with Gasteiger partial charge in [0, 0.05) is 0 Å². The van der Waals surface area contributed by atoms with Crippen LogP contribution in [-0.2, 0) is 9.53 Å². The van der Waals surface area contributed by atoms with Crippen molar-refractivity contribution >= 4 is 5.78 Å². The molecule has 0 N–H and O–H groups in total. The van der Waals surface area contributed by atoms with Crippen LogP contribution in [0.3, 0.4) is 0 Å². The number of ether oxygens (including phenoxy) is 1. The largest absolute Gasteiger partial charge is 0.366 e. The van der Waals surface area contributed by atoms with Crippen molar-refractivity contribution in [2.75, 3.05) is 6.61 Å². The molecule has 1 unspecified atom stereocenters. The van der Waals surface area contributed by atoms with Crippen molar-refractivity contribution in [2.45, 2.75) is 12.5 Å². The highest BCUT2D eigenvalue weighted by Crippen LogP contribution is 2.05. The Morgan fingerprint density at radius 3 is 3.20 bits per heavy atom. The minimum atomic E-state index is 0.0420. The molecule has 1 atom stereocenters. The number of rotatable bonds is 2. The first kappa shape index (κ1) is 7.22. The lowest BCUT2D eigenvalue weighted by molar-refractivity contribution is -0.121. The normalized spacial score (nSPS) is 24.8. The summed E-state index contributed by atoms with van der Waals surface area (Å²) in [6, 6.07) is 0. The Balaban J connectivity index is 2.44. The summed E-state index contributed by atoms with van der Waals surface area (Å²) in [6.07, 6.45) is 5.97. The van der Waals surface area contributed by atoms with Gasteiger partial charge in [-0.1, -0.05) is 12.2 Å². The Morgan fingerprint density at radius 2 is 2.70 bits per heavy atom. The van der Waals surface area contributed by atoms with Crippen molar-refractivity contribution < 1.29 is 9.53 Å². The fourth-order valence-corrected chi connectivity index (χ4v) is 0.818.